The average Bonchev–Trinajstić information content (AvgIpc) is 2.53. The van der Waals surface area contributed by atoms with Crippen LogP contribution < -0.4 is 4.74 Å². The molecule has 0 saturated carbocycles. The molecule has 0 heterocycles. The van der Waals surface area contributed by atoms with Gasteiger partial charge in [0.05, 0.1) is 13.0 Å². The molecule has 0 N–H and O–H groups in total. The smallest absolute Gasteiger partial charge is 0.320 e. The van der Waals surface area contributed by atoms with Crippen LogP contribution in [0.15, 0.2) is 36.4 Å². The van der Waals surface area contributed by atoms with Crippen molar-refractivity contribution in [2.45, 2.75) is 32.6 Å². The van der Waals surface area contributed by atoms with Gasteiger partial charge >= 0.3 is 11.9 Å². The molecule has 2 aromatic carbocycles. The van der Waals surface area contributed by atoms with Gasteiger partial charge in [-0.05, 0) is 41.8 Å². The molecular formula is C18H20O4. The molecule has 0 aliphatic heterocycles. The third-order valence-corrected chi connectivity index (χ3v) is 3.59. The van der Waals surface area contributed by atoms with Gasteiger partial charge < -0.3 is 9.47 Å². The van der Waals surface area contributed by atoms with Crippen LogP contribution in [0.25, 0.3) is 10.8 Å². The Bertz CT molecular complexity index is 691. The largest absolute Gasteiger partial charge is 0.497 e. The van der Waals surface area contributed by atoms with Gasteiger partial charge in [0.15, 0.2) is 0 Å². The van der Waals surface area contributed by atoms with Gasteiger partial charge in [-0.2, -0.15) is 0 Å². The van der Waals surface area contributed by atoms with Crippen LogP contribution in [0, 0.1) is 0 Å². The Hall–Kier alpha value is -2.36. The predicted molar refractivity (Wildman–Crippen MR) is 84.9 cm³/mol. The summed E-state index contributed by atoms with van der Waals surface area (Å²) >= 11 is 0. The molecular weight excluding hydrogens is 280 g/mol. The maximum absolute atomic E-state index is 12.0. The van der Waals surface area contributed by atoms with E-state index in [0.29, 0.717) is 6.42 Å². The van der Waals surface area contributed by atoms with E-state index in [9.17, 15) is 9.59 Å². The van der Waals surface area contributed by atoms with Gasteiger partial charge in [0.25, 0.3) is 0 Å². The molecule has 2 aromatic rings. The number of hydrogen-bond donors (Lipinski definition) is 0. The Balaban J connectivity index is 2.19. The second-order valence-corrected chi connectivity index (χ2v) is 5.24. The maximum Gasteiger partial charge on any atom is 0.320 e. The van der Waals surface area contributed by atoms with E-state index in [0.717, 1.165) is 22.1 Å². The molecule has 4 heteroatoms. The Morgan fingerprint density at radius 3 is 2.45 bits per heavy atom. The van der Waals surface area contributed by atoms with E-state index in [4.69, 9.17) is 9.47 Å². The predicted octanol–water partition coefficient (Wildman–Crippen LogP) is 3.82. The Morgan fingerprint density at radius 1 is 1.09 bits per heavy atom. The van der Waals surface area contributed by atoms with E-state index in [1.807, 2.05) is 43.3 Å². The topological polar surface area (TPSA) is 52.6 Å². The normalized spacial score (nSPS) is 12.0. The minimum absolute atomic E-state index is 0.260. The monoisotopic (exact) mass is 300 g/mol. The summed E-state index contributed by atoms with van der Waals surface area (Å²) in [6, 6.07) is 11.5. The van der Waals surface area contributed by atoms with Gasteiger partial charge in [0, 0.05) is 6.42 Å². The van der Waals surface area contributed by atoms with Crippen molar-refractivity contribution in [1.82, 2.24) is 0 Å². The molecule has 0 aliphatic rings. The van der Waals surface area contributed by atoms with Crippen molar-refractivity contribution >= 4 is 22.7 Å². The highest BCUT2D eigenvalue weighted by Crippen LogP contribution is 2.25. The van der Waals surface area contributed by atoms with E-state index in [-0.39, 0.29) is 6.42 Å². The van der Waals surface area contributed by atoms with Crippen LogP contribution in [0.2, 0.25) is 0 Å². The number of hydrogen-bond acceptors (Lipinski definition) is 4. The van der Waals surface area contributed by atoms with Crippen molar-refractivity contribution in [3.05, 3.63) is 42.0 Å². The second-order valence-electron chi connectivity index (χ2n) is 5.24. The minimum atomic E-state index is -0.508. The summed E-state index contributed by atoms with van der Waals surface area (Å²) in [6.45, 7) is 3.61. The fourth-order valence-corrected chi connectivity index (χ4v) is 2.23. The first-order valence-electron chi connectivity index (χ1n) is 7.37. The zero-order valence-corrected chi connectivity index (χ0v) is 13.1. The van der Waals surface area contributed by atoms with Crippen molar-refractivity contribution in [3.8, 4) is 5.75 Å². The molecule has 116 valence electrons. The van der Waals surface area contributed by atoms with Crippen molar-refractivity contribution in [2.24, 2.45) is 0 Å². The number of ether oxygens (including phenoxy) is 2. The van der Waals surface area contributed by atoms with Gasteiger partial charge in [-0.3, -0.25) is 9.59 Å². The lowest BCUT2D eigenvalue weighted by Gasteiger charge is -2.12. The summed E-state index contributed by atoms with van der Waals surface area (Å²) in [6.07, 6.45) is 0.925. The highest BCUT2D eigenvalue weighted by Gasteiger charge is 2.20. The van der Waals surface area contributed by atoms with Gasteiger partial charge in [-0.1, -0.05) is 31.2 Å². The fraction of sp³-hybridized carbons (Fsp3) is 0.333. The van der Waals surface area contributed by atoms with E-state index in [1.54, 1.807) is 14.0 Å². The average molecular weight is 300 g/mol. The van der Waals surface area contributed by atoms with Crippen LogP contribution >= 0.6 is 0 Å². The van der Waals surface area contributed by atoms with Crippen LogP contribution in [-0.4, -0.2) is 19.0 Å². The molecule has 0 fully saturated rings. The number of benzene rings is 2. The molecule has 1 unspecified atom stereocenters. The van der Waals surface area contributed by atoms with Gasteiger partial charge in [0.2, 0.25) is 0 Å². The molecule has 4 nitrogen and oxygen atoms in total. The summed E-state index contributed by atoms with van der Waals surface area (Å²) in [5.74, 6) is -0.665. The number of esters is 2. The molecule has 0 radical (unpaired) electrons. The molecule has 2 rings (SSSR count). The standard InChI is InChI=1S/C18H20O4/c1-4-5-17(19)22-18(20)12(2)13-6-7-15-11-16(21-3)9-8-14(15)10-13/h6-12H,4-5H2,1-3H3. The maximum atomic E-state index is 12.0. The Morgan fingerprint density at radius 2 is 1.77 bits per heavy atom. The molecule has 0 saturated heterocycles. The fourth-order valence-electron chi connectivity index (χ4n) is 2.23. The van der Waals surface area contributed by atoms with Crippen molar-refractivity contribution in [1.29, 1.82) is 0 Å². The highest BCUT2D eigenvalue weighted by atomic mass is 16.6. The van der Waals surface area contributed by atoms with Crippen LogP contribution in [0.4, 0.5) is 0 Å². The van der Waals surface area contributed by atoms with Crippen LogP contribution in [0.3, 0.4) is 0 Å². The van der Waals surface area contributed by atoms with Crippen molar-refractivity contribution < 1.29 is 19.1 Å². The number of methoxy groups -OCH3 is 1. The van der Waals surface area contributed by atoms with Crippen LogP contribution in [0.1, 0.15) is 38.2 Å². The van der Waals surface area contributed by atoms with Crippen molar-refractivity contribution in [2.75, 3.05) is 7.11 Å². The van der Waals surface area contributed by atoms with Crippen LogP contribution in [-0.2, 0) is 14.3 Å². The van der Waals surface area contributed by atoms with E-state index < -0.39 is 17.9 Å². The molecule has 22 heavy (non-hydrogen) atoms. The first kappa shape index (κ1) is 16.0. The third kappa shape index (κ3) is 3.64. The minimum Gasteiger partial charge on any atom is -0.497 e. The Labute approximate surface area is 130 Å². The lowest BCUT2D eigenvalue weighted by Crippen LogP contribution is -2.17. The number of rotatable bonds is 5. The quantitative estimate of drug-likeness (QED) is 0.622. The Kier molecular flexibility index (Phi) is 5.15. The van der Waals surface area contributed by atoms with E-state index >= 15 is 0 Å². The van der Waals surface area contributed by atoms with Gasteiger partial charge in [-0.25, -0.2) is 0 Å². The van der Waals surface area contributed by atoms with Crippen LogP contribution in [0.5, 0.6) is 5.75 Å². The summed E-state index contributed by atoms with van der Waals surface area (Å²) < 4.78 is 10.1. The molecule has 0 spiro atoms. The highest BCUT2D eigenvalue weighted by molar-refractivity contribution is 5.91. The number of carbonyl (C=O) groups is 2. The first-order chi connectivity index (χ1) is 10.5. The van der Waals surface area contributed by atoms with Gasteiger partial charge in [-0.15, -0.1) is 0 Å². The summed E-state index contributed by atoms with van der Waals surface area (Å²) in [5, 5.41) is 2.04. The lowest BCUT2D eigenvalue weighted by atomic mass is 9.98. The zero-order chi connectivity index (χ0) is 16.1. The van der Waals surface area contributed by atoms with Crippen molar-refractivity contribution in [3.63, 3.8) is 0 Å². The summed E-state index contributed by atoms with van der Waals surface area (Å²) in [4.78, 5) is 23.4. The molecule has 0 bridgehead atoms. The number of fused-ring (bicyclic) bond motifs is 1. The molecule has 1 atom stereocenters. The zero-order valence-electron chi connectivity index (χ0n) is 13.1. The lowest BCUT2D eigenvalue weighted by molar-refractivity contribution is -0.160. The van der Waals surface area contributed by atoms with Gasteiger partial charge in [0.1, 0.15) is 5.75 Å². The summed E-state index contributed by atoms with van der Waals surface area (Å²) in [5.41, 5.74) is 0.826. The third-order valence-electron chi connectivity index (χ3n) is 3.59. The first-order valence-corrected chi connectivity index (χ1v) is 7.37. The van der Waals surface area contributed by atoms with E-state index in [1.165, 1.54) is 0 Å². The molecule has 0 aromatic heterocycles. The molecule has 0 amide bonds. The summed E-state index contributed by atoms with van der Waals surface area (Å²) in [7, 11) is 1.63. The van der Waals surface area contributed by atoms with E-state index in [2.05, 4.69) is 0 Å². The molecule has 0 aliphatic carbocycles. The second kappa shape index (κ2) is 7.07. The number of carbonyl (C=O) groups excluding carboxylic acids is 2. The SMILES string of the molecule is CCCC(=O)OC(=O)C(C)c1ccc2cc(OC)ccc2c1.